The summed E-state index contributed by atoms with van der Waals surface area (Å²) in [6.07, 6.45) is -0.732. The molecule has 1 aromatic heterocycles. The first-order valence-corrected chi connectivity index (χ1v) is 17.0. The van der Waals surface area contributed by atoms with E-state index in [0.717, 1.165) is 21.7 Å². The maximum absolute atomic E-state index is 13.9. The van der Waals surface area contributed by atoms with E-state index >= 15 is 0 Å². The van der Waals surface area contributed by atoms with Gasteiger partial charge in [0.05, 0.1) is 55.2 Å². The molecule has 0 saturated carbocycles. The molecule has 1 unspecified atom stereocenters. The van der Waals surface area contributed by atoms with Crippen LogP contribution in [0.1, 0.15) is 38.4 Å². The highest BCUT2D eigenvalue weighted by molar-refractivity contribution is 7.13. The van der Waals surface area contributed by atoms with E-state index in [9.17, 15) is 19.5 Å². The van der Waals surface area contributed by atoms with Crippen LogP contribution in [0.4, 0.5) is 0 Å². The van der Waals surface area contributed by atoms with Crippen LogP contribution in [0, 0.1) is 17.8 Å². The second-order valence-corrected chi connectivity index (χ2v) is 14.3. The lowest BCUT2D eigenvalue weighted by Gasteiger charge is -2.42. The van der Waals surface area contributed by atoms with Crippen LogP contribution in [0.15, 0.2) is 29.8 Å². The van der Waals surface area contributed by atoms with Gasteiger partial charge >= 0.3 is 0 Å². The molecule has 2 aliphatic heterocycles. The van der Waals surface area contributed by atoms with E-state index in [4.69, 9.17) is 19.9 Å². The number of nitrogens with zero attached hydrogens (tertiary/aromatic N) is 2. The fraction of sp³-hybridized carbons (Fsp3) is 0.636. The molecule has 3 heterocycles. The molecule has 6 N–H and O–H groups in total. The van der Waals surface area contributed by atoms with Gasteiger partial charge in [-0.15, -0.1) is 11.3 Å². The summed E-state index contributed by atoms with van der Waals surface area (Å²) >= 11 is 1.58. The summed E-state index contributed by atoms with van der Waals surface area (Å²) in [7, 11) is 0. The second-order valence-electron chi connectivity index (χ2n) is 13.5. The Morgan fingerprint density at radius 1 is 1.13 bits per heavy atom. The molecule has 3 amide bonds. The molecule has 0 aliphatic carbocycles. The first-order valence-electron chi connectivity index (χ1n) is 16.1. The second kappa shape index (κ2) is 16.9. The maximum atomic E-state index is 13.9. The Kier molecular flexibility index (Phi) is 13.3. The molecule has 260 valence electrons. The lowest BCUT2D eigenvalue weighted by Crippen LogP contribution is -2.59. The number of nitrogens with one attached hydrogen (secondary N) is 3. The van der Waals surface area contributed by atoms with Gasteiger partial charge < -0.3 is 45.9 Å². The Morgan fingerprint density at radius 3 is 2.45 bits per heavy atom. The Balaban J connectivity index is 1.28. The van der Waals surface area contributed by atoms with Crippen molar-refractivity contribution in [2.24, 2.45) is 16.6 Å². The van der Waals surface area contributed by atoms with Gasteiger partial charge in [0, 0.05) is 44.6 Å². The van der Waals surface area contributed by atoms with E-state index in [-0.39, 0.29) is 37.4 Å². The molecule has 2 aromatic rings. The molecular weight excluding hydrogens is 624 g/mol. The van der Waals surface area contributed by atoms with Crippen LogP contribution >= 0.6 is 11.3 Å². The number of likely N-dealkylation sites (tertiary alicyclic amines) is 1. The van der Waals surface area contributed by atoms with Crippen LogP contribution in [0.2, 0.25) is 0 Å². The molecule has 0 spiro atoms. The van der Waals surface area contributed by atoms with Gasteiger partial charge in [-0.05, 0) is 23.5 Å². The van der Waals surface area contributed by atoms with Gasteiger partial charge in [0.1, 0.15) is 18.7 Å². The van der Waals surface area contributed by atoms with Crippen LogP contribution in [0.3, 0.4) is 0 Å². The average Bonchev–Trinajstić information content (AvgIpc) is 3.63. The minimum atomic E-state index is -0.932. The molecular formula is C33H50N6O7S. The smallest absolute Gasteiger partial charge is 0.246 e. The number of benzene rings is 1. The van der Waals surface area contributed by atoms with Crippen LogP contribution in [-0.4, -0.2) is 117 Å². The van der Waals surface area contributed by atoms with E-state index in [1.165, 1.54) is 4.90 Å². The van der Waals surface area contributed by atoms with Gasteiger partial charge in [0.15, 0.2) is 0 Å². The Morgan fingerprint density at radius 2 is 1.83 bits per heavy atom. The number of aliphatic hydroxyl groups is 1. The molecule has 2 fully saturated rings. The zero-order valence-electron chi connectivity index (χ0n) is 27.9. The normalized spacial score (nSPS) is 19.7. The Labute approximate surface area is 280 Å². The van der Waals surface area contributed by atoms with Gasteiger partial charge in [-0.25, -0.2) is 4.98 Å². The largest absolute Gasteiger partial charge is 0.391 e. The third-order valence-electron chi connectivity index (χ3n) is 8.40. The van der Waals surface area contributed by atoms with Crippen LogP contribution in [0.5, 0.6) is 0 Å². The first kappa shape index (κ1) is 36.8. The van der Waals surface area contributed by atoms with Crippen LogP contribution in [-0.2, 0) is 35.1 Å². The number of rotatable bonds is 17. The molecule has 13 nitrogen and oxygen atoms in total. The molecule has 4 rings (SSSR count). The highest BCUT2D eigenvalue weighted by Gasteiger charge is 2.44. The molecule has 0 radical (unpaired) electrons. The number of hydrogen-bond donors (Lipinski definition) is 5. The summed E-state index contributed by atoms with van der Waals surface area (Å²) in [4.78, 5) is 47.0. The number of aromatic nitrogens is 1. The SMILES string of the molecule is Cc1ncsc1-c1ccc(CNC(=O)[C@@H]2C[C@@H](O)CN2C(=O)C(NC(=O)COCC2(COCCOCCN)CNC2)C(C)(C)C)cc1. The van der Waals surface area contributed by atoms with Crippen molar-refractivity contribution in [2.45, 2.75) is 58.8 Å². The average molecular weight is 675 g/mol. The maximum Gasteiger partial charge on any atom is 0.246 e. The van der Waals surface area contributed by atoms with E-state index in [0.29, 0.717) is 52.7 Å². The van der Waals surface area contributed by atoms with Crippen molar-refractivity contribution in [3.05, 3.63) is 41.0 Å². The fourth-order valence-corrected chi connectivity index (χ4v) is 6.47. The first-order chi connectivity index (χ1) is 22.4. The van der Waals surface area contributed by atoms with E-state index in [1.54, 1.807) is 11.3 Å². The Hall–Kier alpha value is -2.98. The third kappa shape index (κ3) is 10.3. The summed E-state index contributed by atoms with van der Waals surface area (Å²) in [6, 6.07) is 6.10. The van der Waals surface area contributed by atoms with Gasteiger partial charge in [-0.1, -0.05) is 45.0 Å². The number of thiazole rings is 1. The van der Waals surface area contributed by atoms with Crippen molar-refractivity contribution < 1.29 is 33.7 Å². The quantitative estimate of drug-likeness (QED) is 0.151. The molecule has 14 heteroatoms. The molecule has 2 saturated heterocycles. The molecule has 47 heavy (non-hydrogen) atoms. The summed E-state index contributed by atoms with van der Waals surface area (Å²) in [6.45, 7) is 11.6. The van der Waals surface area contributed by atoms with Gasteiger partial charge in [-0.3, -0.25) is 14.4 Å². The van der Waals surface area contributed by atoms with Crippen molar-refractivity contribution in [1.29, 1.82) is 0 Å². The van der Waals surface area contributed by atoms with Crippen molar-refractivity contribution >= 4 is 29.1 Å². The number of hydrogen-bond acceptors (Lipinski definition) is 11. The number of amides is 3. The lowest BCUT2D eigenvalue weighted by molar-refractivity contribution is -0.145. The number of aryl methyl sites for hydroxylation is 1. The molecule has 2 aliphatic rings. The van der Waals surface area contributed by atoms with Gasteiger partial charge in [0.2, 0.25) is 17.7 Å². The van der Waals surface area contributed by atoms with Crippen molar-refractivity contribution in [1.82, 2.24) is 25.8 Å². The number of aliphatic hydroxyl groups excluding tert-OH is 1. The number of β-amino-alcohol motifs (C(OH)–C–C–N with tert-alkyl or cyclic N) is 1. The Bertz CT molecular complexity index is 1330. The van der Waals surface area contributed by atoms with Gasteiger partial charge in [0.25, 0.3) is 0 Å². The van der Waals surface area contributed by atoms with Crippen LogP contribution in [0.25, 0.3) is 10.4 Å². The summed E-state index contributed by atoms with van der Waals surface area (Å²) < 4.78 is 16.9. The predicted octanol–water partition coefficient (Wildman–Crippen LogP) is 0.826. The van der Waals surface area contributed by atoms with Crippen molar-refractivity contribution in [2.75, 3.05) is 65.8 Å². The molecule has 3 atom stereocenters. The van der Waals surface area contributed by atoms with E-state index < -0.39 is 35.4 Å². The highest BCUT2D eigenvalue weighted by Crippen LogP contribution is 2.28. The number of carbonyl (C=O) groups excluding carboxylic acids is 3. The minimum absolute atomic E-state index is 0.00551. The topological polar surface area (TPSA) is 177 Å². The summed E-state index contributed by atoms with van der Waals surface area (Å²) in [5, 5.41) is 19.5. The van der Waals surface area contributed by atoms with Crippen molar-refractivity contribution in [3.8, 4) is 10.4 Å². The zero-order chi connectivity index (χ0) is 34.0. The molecule has 1 aromatic carbocycles. The lowest BCUT2D eigenvalue weighted by atomic mass is 9.83. The van der Waals surface area contributed by atoms with E-state index in [2.05, 4.69) is 20.9 Å². The number of carbonyl (C=O) groups is 3. The highest BCUT2D eigenvalue weighted by atomic mass is 32.1. The third-order valence-corrected chi connectivity index (χ3v) is 9.37. The zero-order valence-corrected chi connectivity index (χ0v) is 28.7. The summed E-state index contributed by atoms with van der Waals surface area (Å²) in [5.74, 6) is -1.21. The number of ether oxygens (including phenoxy) is 3. The van der Waals surface area contributed by atoms with Gasteiger partial charge in [-0.2, -0.15) is 0 Å². The van der Waals surface area contributed by atoms with Crippen molar-refractivity contribution in [3.63, 3.8) is 0 Å². The standard InChI is InChI=1S/C33H50N6O7S/c1-22-28(47-21-37-22)24-7-5-23(6-8-24)14-36-30(42)26-13-25(40)15-39(26)31(43)29(32(2,3)4)38-27(41)16-46-20-33(17-35-18-33)19-45-12-11-44-10-9-34/h5-8,21,25-26,29,35,40H,9-20,34H2,1-4H3,(H,36,42)(H,38,41)/t25-,26+,29?/m1/s1. The molecule has 0 bridgehead atoms. The van der Waals surface area contributed by atoms with E-state index in [1.807, 2.05) is 57.5 Å². The minimum Gasteiger partial charge on any atom is -0.391 e. The predicted molar refractivity (Wildman–Crippen MR) is 178 cm³/mol. The number of nitrogens with two attached hydrogens (primary N) is 1. The monoisotopic (exact) mass is 674 g/mol. The fourth-order valence-electron chi connectivity index (χ4n) is 5.66. The summed E-state index contributed by atoms with van der Waals surface area (Å²) in [5.41, 5.74) is 9.27. The van der Waals surface area contributed by atoms with Crippen LogP contribution < -0.4 is 21.7 Å².